The quantitative estimate of drug-likeness (QED) is 0.677. The van der Waals surface area contributed by atoms with Gasteiger partial charge in [0.25, 0.3) is 5.56 Å². The van der Waals surface area contributed by atoms with E-state index >= 15 is 0 Å². The first-order chi connectivity index (χ1) is 9.45. The fourth-order valence-electron chi connectivity index (χ4n) is 2.02. The Morgan fingerprint density at radius 2 is 2.05 bits per heavy atom. The number of aryl methyl sites for hydroxylation is 1. The standard InChI is InChI=1S/C14H16N2O4/c1-4-19-12-10-6-5-9(15)7-11(10)16(3)14(18)13(12)20-8(2)17/h5-7H,4,15H2,1-3H3. The molecule has 0 unspecified atom stereocenters. The number of carbonyl (C=O) groups is 1. The highest BCUT2D eigenvalue weighted by molar-refractivity contribution is 5.90. The van der Waals surface area contributed by atoms with Gasteiger partial charge in [0, 0.05) is 25.0 Å². The van der Waals surface area contributed by atoms with Gasteiger partial charge in [0.2, 0.25) is 5.75 Å². The van der Waals surface area contributed by atoms with Crippen molar-refractivity contribution in [3.63, 3.8) is 0 Å². The molecule has 6 nitrogen and oxygen atoms in total. The van der Waals surface area contributed by atoms with E-state index in [1.807, 2.05) is 0 Å². The van der Waals surface area contributed by atoms with Gasteiger partial charge >= 0.3 is 5.97 Å². The molecule has 0 fully saturated rings. The number of esters is 1. The largest absolute Gasteiger partial charge is 0.489 e. The molecule has 1 heterocycles. The van der Waals surface area contributed by atoms with Crippen LogP contribution in [-0.4, -0.2) is 17.1 Å². The van der Waals surface area contributed by atoms with Crippen molar-refractivity contribution in [2.24, 2.45) is 7.05 Å². The number of anilines is 1. The van der Waals surface area contributed by atoms with Gasteiger partial charge in [0.15, 0.2) is 5.75 Å². The van der Waals surface area contributed by atoms with E-state index in [1.54, 1.807) is 32.2 Å². The first kappa shape index (κ1) is 13.9. The summed E-state index contributed by atoms with van der Waals surface area (Å²) in [4.78, 5) is 23.5. The van der Waals surface area contributed by atoms with E-state index in [4.69, 9.17) is 15.2 Å². The van der Waals surface area contributed by atoms with Crippen LogP contribution in [0.25, 0.3) is 10.9 Å². The molecule has 0 aliphatic carbocycles. The molecule has 0 spiro atoms. The summed E-state index contributed by atoms with van der Waals surface area (Å²) >= 11 is 0. The molecule has 20 heavy (non-hydrogen) atoms. The van der Waals surface area contributed by atoms with Crippen LogP contribution in [0.5, 0.6) is 11.5 Å². The number of hydrogen-bond donors (Lipinski definition) is 1. The van der Waals surface area contributed by atoms with Gasteiger partial charge in [-0.2, -0.15) is 0 Å². The van der Waals surface area contributed by atoms with Crippen molar-refractivity contribution in [1.29, 1.82) is 0 Å². The zero-order valence-electron chi connectivity index (χ0n) is 11.6. The molecule has 2 N–H and O–H groups in total. The van der Waals surface area contributed by atoms with Gasteiger partial charge in [-0.1, -0.05) is 0 Å². The fourth-order valence-corrected chi connectivity index (χ4v) is 2.02. The highest BCUT2D eigenvalue weighted by Crippen LogP contribution is 2.33. The molecule has 2 rings (SSSR count). The van der Waals surface area contributed by atoms with E-state index in [2.05, 4.69) is 0 Å². The van der Waals surface area contributed by atoms with Crippen LogP contribution in [0.4, 0.5) is 5.69 Å². The molecule has 0 saturated carbocycles. The Hall–Kier alpha value is -2.50. The van der Waals surface area contributed by atoms with Crippen LogP contribution in [0, 0.1) is 0 Å². The predicted octanol–water partition coefficient (Wildman–Crippen LogP) is 1.44. The Labute approximate surface area is 115 Å². The molecule has 6 heteroatoms. The third kappa shape index (κ3) is 2.32. The summed E-state index contributed by atoms with van der Waals surface area (Å²) in [5, 5.41) is 0.666. The smallest absolute Gasteiger partial charge is 0.308 e. The predicted molar refractivity (Wildman–Crippen MR) is 76.1 cm³/mol. The number of rotatable bonds is 3. The average molecular weight is 276 g/mol. The van der Waals surface area contributed by atoms with Crippen LogP contribution in [-0.2, 0) is 11.8 Å². The summed E-state index contributed by atoms with van der Waals surface area (Å²) in [5.74, 6) is -0.405. The number of carbonyl (C=O) groups excluding carboxylic acids is 1. The van der Waals surface area contributed by atoms with Crippen LogP contribution >= 0.6 is 0 Å². The van der Waals surface area contributed by atoms with Gasteiger partial charge in [-0.15, -0.1) is 0 Å². The number of benzene rings is 1. The topological polar surface area (TPSA) is 83.5 Å². The Morgan fingerprint density at radius 1 is 1.35 bits per heavy atom. The summed E-state index contributed by atoms with van der Waals surface area (Å²) in [7, 11) is 1.59. The second-order valence-corrected chi connectivity index (χ2v) is 4.33. The van der Waals surface area contributed by atoms with E-state index in [1.165, 1.54) is 11.5 Å². The third-order valence-corrected chi connectivity index (χ3v) is 2.87. The maximum Gasteiger partial charge on any atom is 0.308 e. The molecule has 1 aromatic carbocycles. The second-order valence-electron chi connectivity index (χ2n) is 4.33. The Kier molecular flexibility index (Phi) is 3.65. The van der Waals surface area contributed by atoms with Gasteiger partial charge in [0.1, 0.15) is 0 Å². The molecule has 0 atom stereocenters. The summed E-state index contributed by atoms with van der Waals surface area (Å²) in [6, 6.07) is 5.12. The van der Waals surface area contributed by atoms with Gasteiger partial charge in [-0.3, -0.25) is 9.59 Å². The van der Waals surface area contributed by atoms with Crippen LogP contribution in [0.3, 0.4) is 0 Å². The van der Waals surface area contributed by atoms with Crippen molar-refractivity contribution in [2.45, 2.75) is 13.8 Å². The minimum Gasteiger partial charge on any atom is -0.489 e. The lowest BCUT2D eigenvalue weighted by molar-refractivity contribution is -0.132. The number of pyridine rings is 1. The molecule has 0 amide bonds. The minimum atomic E-state index is -0.571. The maximum absolute atomic E-state index is 12.3. The number of ether oxygens (including phenoxy) is 2. The lowest BCUT2D eigenvalue weighted by Gasteiger charge is -2.15. The van der Waals surface area contributed by atoms with Crippen molar-refractivity contribution in [3.05, 3.63) is 28.6 Å². The average Bonchev–Trinajstić information content (AvgIpc) is 2.40. The SMILES string of the molecule is CCOc1c(OC(C)=O)c(=O)n(C)c2cc(N)ccc12. The van der Waals surface area contributed by atoms with E-state index in [0.717, 1.165) is 0 Å². The molecule has 0 bridgehead atoms. The zero-order chi connectivity index (χ0) is 14.9. The van der Waals surface area contributed by atoms with Crippen LogP contribution in [0.2, 0.25) is 0 Å². The zero-order valence-corrected chi connectivity index (χ0v) is 11.6. The molecule has 1 aromatic heterocycles. The number of nitrogens with two attached hydrogens (primary N) is 1. The van der Waals surface area contributed by atoms with E-state index in [-0.39, 0.29) is 11.5 Å². The first-order valence-corrected chi connectivity index (χ1v) is 6.19. The Morgan fingerprint density at radius 3 is 2.65 bits per heavy atom. The second kappa shape index (κ2) is 5.24. The highest BCUT2D eigenvalue weighted by atomic mass is 16.6. The summed E-state index contributed by atoms with van der Waals surface area (Å²) in [5.41, 5.74) is 6.46. The first-order valence-electron chi connectivity index (χ1n) is 6.19. The lowest BCUT2D eigenvalue weighted by atomic mass is 10.1. The molecular formula is C14H16N2O4. The van der Waals surface area contributed by atoms with E-state index in [0.29, 0.717) is 23.2 Å². The third-order valence-electron chi connectivity index (χ3n) is 2.87. The number of nitrogens with zero attached hydrogens (tertiary/aromatic N) is 1. The van der Waals surface area contributed by atoms with Crippen molar-refractivity contribution < 1.29 is 14.3 Å². The number of fused-ring (bicyclic) bond motifs is 1. The summed E-state index contributed by atoms with van der Waals surface area (Å²) in [6.07, 6.45) is 0. The Bertz CT molecular complexity index is 734. The van der Waals surface area contributed by atoms with Gasteiger partial charge in [-0.25, -0.2) is 0 Å². The minimum absolute atomic E-state index is 0.0980. The van der Waals surface area contributed by atoms with Gasteiger partial charge in [0.05, 0.1) is 12.1 Å². The van der Waals surface area contributed by atoms with Crippen molar-refractivity contribution >= 4 is 22.6 Å². The van der Waals surface area contributed by atoms with Crippen molar-refractivity contribution in [3.8, 4) is 11.5 Å². The van der Waals surface area contributed by atoms with Crippen molar-refractivity contribution in [1.82, 2.24) is 4.57 Å². The van der Waals surface area contributed by atoms with Gasteiger partial charge < -0.3 is 19.8 Å². The molecular weight excluding hydrogens is 260 g/mol. The molecule has 0 aliphatic heterocycles. The van der Waals surface area contributed by atoms with Gasteiger partial charge in [-0.05, 0) is 25.1 Å². The van der Waals surface area contributed by atoms with E-state index in [9.17, 15) is 9.59 Å². The van der Waals surface area contributed by atoms with Crippen LogP contribution in [0.1, 0.15) is 13.8 Å². The monoisotopic (exact) mass is 276 g/mol. The summed E-state index contributed by atoms with van der Waals surface area (Å²) < 4.78 is 11.9. The van der Waals surface area contributed by atoms with E-state index < -0.39 is 11.5 Å². The molecule has 106 valence electrons. The normalized spacial score (nSPS) is 10.6. The number of aromatic nitrogens is 1. The number of nitrogen functional groups attached to an aromatic ring is 1. The van der Waals surface area contributed by atoms with Crippen LogP contribution in [0.15, 0.2) is 23.0 Å². The fraction of sp³-hybridized carbons (Fsp3) is 0.286. The Balaban J connectivity index is 2.87. The number of hydrogen-bond acceptors (Lipinski definition) is 5. The maximum atomic E-state index is 12.3. The molecule has 0 aliphatic rings. The summed E-state index contributed by atoms with van der Waals surface area (Å²) in [6.45, 7) is 3.38. The highest BCUT2D eigenvalue weighted by Gasteiger charge is 2.19. The molecule has 0 saturated heterocycles. The molecule has 2 aromatic rings. The van der Waals surface area contributed by atoms with Crippen LogP contribution < -0.4 is 20.8 Å². The molecule has 0 radical (unpaired) electrons. The van der Waals surface area contributed by atoms with Crippen molar-refractivity contribution in [2.75, 3.05) is 12.3 Å². The lowest BCUT2D eigenvalue weighted by Crippen LogP contribution is -2.22.